The summed E-state index contributed by atoms with van der Waals surface area (Å²) < 4.78 is 8.29. The zero-order chi connectivity index (χ0) is 6.12. The number of hydrogen-bond acceptors (Lipinski definition) is 2. The van der Waals surface area contributed by atoms with E-state index in [4.69, 9.17) is 0 Å². The molecule has 0 fully saturated rings. The monoisotopic (exact) mass is 193 g/mol. The van der Waals surface area contributed by atoms with E-state index in [1.165, 1.54) is 7.11 Å². The average molecular weight is 193 g/mol. The van der Waals surface area contributed by atoms with Gasteiger partial charge in [-0.2, -0.15) is 0 Å². The number of rotatable bonds is 1. The van der Waals surface area contributed by atoms with E-state index >= 15 is 0 Å². The van der Waals surface area contributed by atoms with E-state index in [0.717, 1.165) is 0 Å². The first-order valence-electron chi connectivity index (χ1n) is 1.98. The molecule has 8 heavy (non-hydrogen) atoms. The van der Waals surface area contributed by atoms with Gasteiger partial charge in [0.1, 0.15) is 0 Å². The summed E-state index contributed by atoms with van der Waals surface area (Å²) in [6.45, 7) is 2.60. The molecule has 0 amide bonds. The van der Waals surface area contributed by atoms with Crippen LogP contribution in [0, 0.1) is 14.2 Å². The molecule has 0 atom stereocenters. The van der Waals surface area contributed by atoms with Crippen LogP contribution in [0.2, 0.25) is 0 Å². The van der Waals surface area contributed by atoms with Crippen molar-refractivity contribution >= 4 is 0 Å². The zero-order valence-electron chi connectivity index (χ0n) is 5.52. The zero-order valence-corrected chi connectivity index (χ0v) is 8.35. The van der Waals surface area contributed by atoms with Gasteiger partial charge in [-0.25, -0.2) is 14.2 Å². The molecule has 0 rings (SSSR count). The van der Waals surface area contributed by atoms with Crippen molar-refractivity contribution in [3.8, 4) is 0 Å². The molecule has 0 unspecified atom stereocenters. The number of ether oxygens (including phenoxy) is 2. The SMILES string of the molecule is [CH2-]OC.[CH2-]OCC.[Y]. The first kappa shape index (κ1) is 16.0. The fourth-order valence-electron chi connectivity index (χ4n) is 0. The Hall–Kier alpha value is 1.02. The molecule has 0 N–H and O–H groups in total. The molecule has 2 nitrogen and oxygen atoms in total. The minimum Gasteiger partial charge on any atom is -0.557 e. The van der Waals surface area contributed by atoms with Crippen molar-refractivity contribution in [3.05, 3.63) is 14.2 Å². The van der Waals surface area contributed by atoms with Crippen molar-refractivity contribution in [3.63, 3.8) is 0 Å². The maximum Gasteiger partial charge on any atom is 0.00804 e. The van der Waals surface area contributed by atoms with Crippen molar-refractivity contribution in [2.45, 2.75) is 6.92 Å². The van der Waals surface area contributed by atoms with Gasteiger partial charge in [0, 0.05) is 39.3 Å². The molecule has 0 aromatic heterocycles. The van der Waals surface area contributed by atoms with Crippen LogP contribution in [0.25, 0.3) is 0 Å². The van der Waals surface area contributed by atoms with Gasteiger partial charge in [-0.3, -0.25) is 0 Å². The Labute approximate surface area is 76.8 Å². The molecule has 0 heterocycles. The summed E-state index contributed by atoms with van der Waals surface area (Å²) >= 11 is 0. The fourth-order valence-corrected chi connectivity index (χ4v) is 0. The summed E-state index contributed by atoms with van der Waals surface area (Å²) in [4.78, 5) is 0. The second kappa shape index (κ2) is 24.4. The molecule has 0 aliphatic rings. The Morgan fingerprint density at radius 2 is 1.50 bits per heavy atom. The molecule has 0 aliphatic heterocycles. The van der Waals surface area contributed by atoms with Crippen LogP contribution in [0.3, 0.4) is 0 Å². The maximum atomic E-state index is 4.29. The minimum atomic E-state index is 0. The van der Waals surface area contributed by atoms with Crippen molar-refractivity contribution in [1.29, 1.82) is 0 Å². The van der Waals surface area contributed by atoms with Crippen LogP contribution in [0.15, 0.2) is 0 Å². The average Bonchev–Trinajstić information content (AvgIpc) is 1.69. The van der Waals surface area contributed by atoms with Gasteiger partial charge in [0.15, 0.2) is 0 Å². The third-order valence-corrected chi connectivity index (χ3v) is 0.204. The largest absolute Gasteiger partial charge is 0.557 e. The number of methoxy groups -OCH3 is 1. The van der Waals surface area contributed by atoms with E-state index in [-0.39, 0.29) is 32.7 Å². The molecule has 0 saturated heterocycles. The summed E-state index contributed by atoms with van der Waals surface area (Å²) in [5.74, 6) is 0. The van der Waals surface area contributed by atoms with Gasteiger partial charge in [-0.15, -0.1) is 0 Å². The molecule has 0 aliphatic carbocycles. The molecule has 3 heteroatoms. The van der Waals surface area contributed by atoms with E-state index in [9.17, 15) is 0 Å². The van der Waals surface area contributed by atoms with Crippen LogP contribution in [-0.4, -0.2) is 13.7 Å². The Morgan fingerprint density at radius 3 is 1.50 bits per heavy atom. The molecule has 0 aromatic carbocycles. The summed E-state index contributed by atoms with van der Waals surface area (Å²) in [5.41, 5.74) is 0. The summed E-state index contributed by atoms with van der Waals surface area (Å²) in [6, 6.07) is 0. The molecule has 0 bridgehead atoms. The number of hydrogen-bond donors (Lipinski definition) is 0. The minimum absolute atomic E-state index is 0. The Bertz CT molecular complexity index is 17.9. The molecular weight excluding hydrogens is 181 g/mol. The predicted octanol–water partition coefficient (Wildman–Crippen LogP) is 1.24. The van der Waals surface area contributed by atoms with Crippen molar-refractivity contribution in [1.82, 2.24) is 0 Å². The normalized spacial score (nSPS) is 6.00. The van der Waals surface area contributed by atoms with Gasteiger partial charge < -0.3 is 9.47 Å². The van der Waals surface area contributed by atoms with Crippen molar-refractivity contribution in [2.75, 3.05) is 13.7 Å². The summed E-state index contributed by atoms with van der Waals surface area (Å²) in [6.07, 6.45) is 0. The van der Waals surface area contributed by atoms with Crippen LogP contribution in [0.4, 0.5) is 0 Å². The fraction of sp³-hybridized carbons (Fsp3) is 0.600. The van der Waals surface area contributed by atoms with E-state index in [2.05, 4.69) is 23.7 Å². The van der Waals surface area contributed by atoms with Gasteiger partial charge in [0.05, 0.1) is 0 Å². The van der Waals surface area contributed by atoms with Crippen LogP contribution < -0.4 is 0 Å². The van der Waals surface area contributed by atoms with E-state index < -0.39 is 0 Å². The first-order valence-corrected chi connectivity index (χ1v) is 1.98. The summed E-state index contributed by atoms with van der Waals surface area (Å²) in [7, 11) is 7.60. The van der Waals surface area contributed by atoms with Gasteiger partial charge in [0.25, 0.3) is 0 Å². The van der Waals surface area contributed by atoms with Gasteiger partial charge in [0.2, 0.25) is 0 Å². The molecular formula is C5H12O2Y-2. The molecule has 0 spiro atoms. The molecule has 0 aromatic rings. The Kier molecular flexibility index (Phi) is 48.9. The van der Waals surface area contributed by atoms with E-state index in [0.29, 0.717) is 6.61 Å². The van der Waals surface area contributed by atoms with Crippen LogP contribution in [0.5, 0.6) is 0 Å². The van der Waals surface area contributed by atoms with Gasteiger partial charge in [-0.05, 0) is 14.0 Å². The van der Waals surface area contributed by atoms with Crippen LogP contribution >= 0.6 is 0 Å². The van der Waals surface area contributed by atoms with E-state index in [1.807, 2.05) is 6.92 Å². The van der Waals surface area contributed by atoms with Crippen molar-refractivity contribution in [2.24, 2.45) is 0 Å². The van der Waals surface area contributed by atoms with Crippen LogP contribution in [0.1, 0.15) is 6.92 Å². The maximum absolute atomic E-state index is 4.29. The predicted molar refractivity (Wildman–Crippen MR) is 29.3 cm³/mol. The third kappa shape index (κ3) is 62.2. The summed E-state index contributed by atoms with van der Waals surface area (Å²) in [5, 5.41) is 0. The van der Waals surface area contributed by atoms with Gasteiger partial charge in [-0.1, -0.05) is 0 Å². The molecule has 1 radical (unpaired) electrons. The quantitative estimate of drug-likeness (QED) is 0.583. The molecule has 0 saturated carbocycles. The third-order valence-electron chi connectivity index (χ3n) is 0.204. The Morgan fingerprint density at radius 1 is 1.38 bits per heavy atom. The van der Waals surface area contributed by atoms with Gasteiger partial charge >= 0.3 is 0 Å². The topological polar surface area (TPSA) is 18.5 Å². The second-order valence-corrected chi connectivity index (χ2v) is 0.781. The van der Waals surface area contributed by atoms with Crippen LogP contribution in [-0.2, 0) is 42.2 Å². The molecule has 49 valence electrons. The standard InChI is InChI=1S/C3H7O.C2H5O.Y/c1-3-4-2;1-3-2;/h2-3H2,1H3;1H2,2H3;/q2*-1;. The first-order chi connectivity index (χ1) is 3.33. The second-order valence-electron chi connectivity index (χ2n) is 0.781. The Balaban J connectivity index is -0.0000000575. The van der Waals surface area contributed by atoms with E-state index in [1.54, 1.807) is 0 Å². The van der Waals surface area contributed by atoms with Crippen molar-refractivity contribution < 1.29 is 42.2 Å². The smallest absolute Gasteiger partial charge is 0.00804 e.